The zero-order valence-corrected chi connectivity index (χ0v) is 12.6. The van der Waals surface area contributed by atoms with Gasteiger partial charge in [-0.05, 0) is 23.8 Å². The number of aliphatic carboxylic acids is 1. The molecule has 0 fully saturated rings. The van der Waals surface area contributed by atoms with Crippen LogP contribution in [0, 0.1) is 0 Å². The highest BCUT2D eigenvalue weighted by Crippen LogP contribution is 2.28. The summed E-state index contributed by atoms with van der Waals surface area (Å²) in [6.07, 6.45) is 1.64. The van der Waals surface area contributed by atoms with E-state index in [2.05, 4.69) is 4.98 Å². The van der Waals surface area contributed by atoms with E-state index < -0.39 is 11.9 Å². The molecular formula is C16H12ClN3O3. The van der Waals surface area contributed by atoms with Gasteiger partial charge in [0, 0.05) is 17.3 Å². The van der Waals surface area contributed by atoms with Crippen LogP contribution in [0.4, 0.5) is 0 Å². The molecule has 0 aliphatic rings. The SMILES string of the molecule is NC(=O)c1cc2c(ccn2-c2ccccc2CC(=O)O)c(Cl)n1. The first-order valence-corrected chi connectivity index (χ1v) is 7.12. The molecule has 1 aromatic carbocycles. The maximum atomic E-state index is 11.4. The lowest BCUT2D eigenvalue weighted by atomic mass is 10.1. The molecule has 23 heavy (non-hydrogen) atoms. The molecule has 0 atom stereocenters. The molecule has 3 rings (SSSR count). The molecule has 116 valence electrons. The Hall–Kier alpha value is -2.86. The van der Waals surface area contributed by atoms with Gasteiger partial charge < -0.3 is 15.4 Å². The lowest BCUT2D eigenvalue weighted by Gasteiger charge is -2.11. The van der Waals surface area contributed by atoms with Crippen molar-refractivity contribution in [1.82, 2.24) is 9.55 Å². The lowest BCUT2D eigenvalue weighted by molar-refractivity contribution is -0.136. The number of carbonyl (C=O) groups excluding carboxylic acids is 1. The Labute approximate surface area is 136 Å². The number of fused-ring (bicyclic) bond motifs is 1. The van der Waals surface area contributed by atoms with Gasteiger partial charge in [-0.2, -0.15) is 0 Å². The van der Waals surface area contributed by atoms with Crippen molar-refractivity contribution in [3.63, 3.8) is 0 Å². The van der Waals surface area contributed by atoms with Crippen LogP contribution < -0.4 is 5.73 Å². The first-order chi connectivity index (χ1) is 11.0. The predicted octanol–water partition coefficient (Wildman–Crippen LogP) is 2.40. The van der Waals surface area contributed by atoms with Crippen LogP contribution in [0.3, 0.4) is 0 Å². The number of para-hydroxylation sites is 1. The molecule has 6 nitrogen and oxygen atoms in total. The van der Waals surface area contributed by atoms with Crippen molar-refractivity contribution in [3.05, 3.63) is 59.0 Å². The number of rotatable bonds is 4. The van der Waals surface area contributed by atoms with Crippen LogP contribution in [-0.4, -0.2) is 26.5 Å². The summed E-state index contributed by atoms with van der Waals surface area (Å²) in [7, 11) is 0. The van der Waals surface area contributed by atoms with Crippen molar-refractivity contribution in [2.75, 3.05) is 0 Å². The third-order valence-electron chi connectivity index (χ3n) is 3.49. The van der Waals surface area contributed by atoms with Crippen molar-refractivity contribution in [2.45, 2.75) is 6.42 Å². The first kappa shape index (κ1) is 15.1. The lowest BCUT2D eigenvalue weighted by Crippen LogP contribution is -2.13. The number of carboxylic acid groups (broad SMARTS) is 1. The van der Waals surface area contributed by atoms with Crippen LogP contribution in [0.15, 0.2) is 42.6 Å². The van der Waals surface area contributed by atoms with Crippen LogP contribution in [0.25, 0.3) is 16.6 Å². The van der Waals surface area contributed by atoms with Crippen molar-refractivity contribution >= 4 is 34.4 Å². The third kappa shape index (κ3) is 2.76. The topological polar surface area (TPSA) is 98.2 Å². The van der Waals surface area contributed by atoms with Gasteiger partial charge in [-0.3, -0.25) is 9.59 Å². The van der Waals surface area contributed by atoms with E-state index in [0.29, 0.717) is 22.2 Å². The molecule has 0 aliphatic heterocycles. The van der Waals surface area contributed by atoms with Crippen LogP contribution in [0.1, 0.15) is 16.1 Å². The summed E-state index contributed by atoms with van der Waals surface area (Å²) >= 11 is 6.10. The van der Waals surface area contributed by atoms with Crippen molar-refractivity contribution in [1.29, 1.82) is 0 Å². The van der Waals surface area contributed by atoms with Gasteiger partial charge in [-0.15, -0.1) is 0 Å². The number of hydrogen-bond acceptors (Lipinski definition) is 3. The van der Waals surface area contributed by atoms with E-state index in [1.54, 1.807) is 41.1 Å². The normalized spacial score (nSPS) is 10.8. The maximum Gasteiger partial charge on any atom is 0.307 e. The van der Waals surface area contributed by atoms with Crippen LogP contribution >= 0.6 is 11.6 Å². The van der Waals surface area contributed by atoms with E-state index >= 15 is 0 Å². The molecule has 0 bridgehead atoms. The summed E-state index contributed by atoms with van der Waals surface area (Å²) in [5.41, 5.74) is 7.31. The number of carboxylic acids is 1. The molecule has 3 N–H and O–H groups in total. The fraction of sp³-hybridized carbons (Fsp3) is 0.0625. The van der Waals surface area contributed by atoms with Gasteiger partial charge in [0.05, 0.1) is 11.9 Å². The number of primary amides is 1. The Morgan fingerprint density at radius 3 is 2.70 bits per heavy atom. The number of carbonyl (C=O) groups is 2. The highest BCUT2D eigenvalue weighted by Gasteiger charge is 2.15. The maximum absolute atomic E-state index is 11.4. The average molecular weight is 330 g/mol. The number of aromatic nitrogens is 2. The summed E-state index contributed by atoms with van der Waals surface area (Å²) in [5.74, 6) is -1.60. The molecule has 0 spiro atoms. The molecule has 2 aromatic heterocycles. The highest BCUT2D eigenvalue weighted by molar-refractivity contribution is 6.34. The van der Waals surface area contributed by atoms with Gasteiger partial charge in [-0.25, -0.2) is 4.98 Å². The second kappa shape index (κ2) is 5.73. The average Bonchev–Trinajstić information content (AvgIpc) is 2.91. The summed E-state index contributed by atoms with van der Waals surface area (Å²) < 4.78 is 1.77. The quantitative estimate of drug-likeness (QED) is 0.718. The summed E-state index contributed by atoms with van der Waals surface area (Å²) in [4.78, 5) is 26.4. The van der Waals surface area contributed by atoms with E-state index in [-0.39, 0.29) is 17.3 Å². The first-order valence-electron chi connectivity index (χ1n) is 6.75. The molecule has 0 saturated heterocycles. The Kier molecular flexibility index (Phi) is 3.75. The Bertz CT molecular complexity index is 933. The summed E-state index contributed by atoms with van der Waals surface area (Å²) in [6.45, 7) is 0. The monoisotopic (exact) mass is 329 g/mol. The predicted molar refractivity (Wildman–Crippen MR) is 85.9 cm³/mol. The minimum atomic E-state index is -0.925. The Morgan fingerprint density at radius 2 is 2.00 bits per heavy atom. The molecule has 1 amide bonds. The molecule has 7 heteroatoms. The van der Waals surface area contributed by atoms with Crippen molar-refractivity contribution in [3.8, 4) is 5.69 Å². The van der Waals surface area contributed by atoms with Gasteiger partial charge in [0.1, 0.15) is 10.8 Å². The molecule has 3 aromatic rings. The van der Waals surface area contributed by atoms with E-state index in [1.165, 1.54) is 0 Å². The Balaban J connectivity index is 2.25. The number of amides is 1. The van der Waals surface area contributed by atoms with E-state index in [0.717, 1.165) is 0 Å². The fourth-order valence-electron chi connectivity index (χ4n) is 2.49. The minimum absolute atomic E-state index is 0.0539. The number of pyridine rings is 1. The Morgan fingerprint density at radius 1 is 1.26 bits per heavy atom. The second-order valence-electron chi connectivity index (χ2n) is 4.98. The summed E-state index contributed by atoms with van der Waals surface area (Å²) in [6, 6.07) is 10.4. The van der Waals surface area contributed by atoms with Gasteiger partial charge in [-0.1, -0.05) is 29.8 Å². The van der Waals surface area contributed by atoms with E-state index in [1.807, 2.05) is 6.07 Å². The standard InChI is InChI=1S/C16H12ClN3O3/c17-15-10-5-6-20(13(10)8-11(19-15)16(18)23)12-4-2-1-3-9(12)7-14(21)22/h1-6,8H,7H2,(H2,18,23)(H,21,22). The third-order valence-corrected chi connectivity index (χ3v) is 3.77. The molecule has 0 aliphatic carbocycles. The zero-order chi connectivity index (χ0) is 16.6. The van der Waals surface area contributed by atoms with E-state index in [9.17, 15) is 9.59 Å². The number of halogens is 1. The summed E-state index contributed by atoms with van der Waals surface area (Å²) in [5, 5.41) is 9.89. The van der Waals surface area contributed by atoms with E-state index in [4.69, 9.17) is 22.4 Å². The molecule has 0 radical (unpaired) electrons. The van der Waals surface area contributed by atoms with Crippen molar-refractivity contribution < 1.29 is 14.7 Å². The zero-order valence-electron chi connectivity index (χ0n) is 11.9. The molecule has 2 heterocycles. The second-order valence-corrected chi connectivity index (χ2v) is 5.34. The molecule has 0 unspecified atom stereocenters. The van der Waals surface area contributed by atoms with Crippen LogP contribution in [0.2, 0.25) is 5.15 Å². The largest absolute Gasteiger partial charge is 0.481 e. The highest BCUT2D eigenvalue weighted by atomic mass is 35.5. The van der Waals surface area contributed by atoms with Gasteiger partial charge in [0.2, 0.25) is 0 Å². The van der Waals surface area contributed by atoms with Crippen molar-refractivity contribution in [2.24, 2.45) is 5.73 Å². The smallest absolute Gasteiger partial charge is 0.307 e. The van der Waals surface area contributed by atoms with Gasteiger partial charge >= 0.3 is 5.97 Å². The van der Waals surface area contributed by atoms with Gasteiger partial charge in [0.25, 0.3) is 5.91 Å². The number of hydrogen-bond donors (Lipinski definition) is 2. The number of benzene rings is 1. The number of nitrogens with zero attached hydrogens (tertiary/aromatic N) is 2. The molecular weight excluding hydrogens is 318 g/mol. The van der Waals surface area contributed by atoms with Crippen LogP contribution in [-0.2, 0) is 11.2 Å². The van der Waals surface area contributed by atoms with Crippen LogP contribution in [0.5, 0.6) is 0 Å². The van der Waals surface area contributed by atoms with Gasteiger partial charge in [0.15, 0.2) is 0 Å². The number of nitrogens with two attached hydrogens (primary N) is 1. The minimum Gasteiger partial charge on any atom is -0.481 e. The fourth-order valence-corrected chi connectivity index (χ4v) is 2.74. The molecule has 0 saturated carbocycles.